The molecule has 0 unspecified atom stereocenters. The molecule has 0 fully saturated rings. The Kier molecular flexibility index (Phi) is 2.87. The largest absolute Gasteiger partial charge is 0.366 e. The molecule has 0 heterocycles. The smallest absolute Gasteiger partial charge is 0.249 e. The van der Waals surface area contributed by atoms with E-state index in [1.165, 1.54) is 6.07 Å². The second-order valence-electron chi connectivity index (χ2n) is 3.57. The van der Waals surface area contributed by atoms with E-state index in [0.29, 0.717) is 5.56 Å². The number of carbonyl (C=O) groups excluding carboxylic acids is 1. The molecule has 2 rings (SSSR count). The number of halogens is 2. The van der Waals surface area contributed by atoms with Crippen molar-refractivity contribution in [3.63, 3.8) is 0 Å². The maximum absolute atomic E-state index is 13.1. The van der Waals surface area contributed by atoms with Crippen LogP contribution in [0.5, 0.6) is 0 Å². The van der Waals surface area contributed by atoms with Crippen molar-refractivity contribution >= 4 is 5.91 Å². The van der Waals surface area contributed by atoms with E-state index in [-0.39, 0.29) is 11.1 Å². The van der Waals surface area contributed by atoms with Gasteiger partial charge in [0.05, 0.1) is 0 Å². The fraction of sp³-hybridized carbons (Fsp3) is 0. The Morgan fingerprint density at radius 2 is 1.59 bits per heavy atom. The van der Waals surface area contributed by atoms with Crippen molar-refractivity contribution in [2.24, 2.45) is 5.73 Å². The standard InChI is InChI=1S/C13H9F2NO/c14-9-5-8(6-10(15)7-9)11-3-1-2-4-12(11)13(16)17/h1-7H,(H2,16,17). The number of amides is 1. The second kappa shape index (κ2) is 4.33. The topological polar surface area (TPSA) is 43.1 Å². The molecule has 2 nitrogen and oxygen atoms in total. The zero-order chi connectivity index (χ0) is 12.4. The van der Waals surface area contributed by atoms with Crippen LogP contribution in [0.25, 0.3) is 11.1 Å². The molecule has 0 saturated heterocycles. The summed E-state index contributed by atoms with van der Waals surface area (Å²) in [6.07, 6.45) is 0. The molecule has 0 bridgehead atoms. The summed E-state index contributed by atoms with van der Waals surface area (Å²) in [7, 11) is 0. The summed E-state index contributed by atoms with van der Waals surface area (Å²) < 4.78 is 26.2. The van der Waals surface area contributed by atoms with Crippen LogP contribution in [0.4, 0.5) is 8.78 Å². The molecule has 2 aromatic rings. The van der Waals surface area contributed by atoms with Crippen LogP contribution in [-0.2, 0) is 0 Å². The molecular formula is C13H9F2NO. The predicted octanol–water partition coefficient (Wildman–Crippen LogP) is 2.73. The Balaban J connectivity index is 2.64. The van der Waals surface area contributed by atoms with Gasteiger partial charge < -0.3 is 5.73 Å². The van der Waals surface area contributed by atoms with E-state index in [0.717, 1.165) is 18.2 Å². The molecule has 0 aliphatic rings. The highest BCUT2D eigenvalue weighted by Gasteiger charge is 2.10. The van der Waals surface area contributed by atoms with Gasteiger partial charge in [0.2, 0.25) is 5.91 Å². The van der Waals surface area contributed by atoms with Crippen LogP contribution in [0.15, 0.2) is 42.5 Å². The highest BCUT2D eigenvalue weighted by Crippen LogP contribution is 2.25. The third kappa shape index (κ3) is 2.30. The van der Waals surface area contributed by atoms with Crippen LogP contribution >= 0.6 is 0 Å². The SMILES string of the molecule is NC(=O)c1ccccc1-c1cc(F)cc(F)c1. The fourth-order valence-electron chi connectivity index (χ4n) is 1.66. The molecule has 0 aromatic heterocycles. The average molecular weight is 233 g/mol. The predicted molar refractivity (Wildman–Crippen MR) is 60.3 cm³/mol. The van der Waals surface area contributed by atoms with Gasteiger partial charge in [0.15, 0.2) is 0 Å². The maximum Gasteiger partial charge on any atom is 0.249 e. The lowest BCUT2D eigenvalue weighted by Gasteiger charge is -2.07. The number of nitrogens with two attached hydrogens (primary N) is 1. The monoisotopic (exact) mass is 233 g/mol. The van der Waals surface area contributed by atoms with Crippen molar-refractivity contribution in [3.8, 4) is 11.1 Å². The molecule has 2 N–H and O–H groups in total. The summed E-state index contributed by atoms with van der Waals surface area (Å²) in [4.78, 5) is 11.2. The number of benzene rings is 2. The van der Waals surface area contributed by atoms with Crippen LogP contribution in [0.1, 0.15) is 10.4 Å². The molecule has 0 aliphatic carbocycles. The van der Waals surface area contributed by atoms with Gasteiger partial charge in [0, 0.05) is 11.6 Å². The molecule has 0 radical (unpaired) electrons. The van der Waals surface area contributed by atoms with E-state index in [2.05, 4.69) is 0 Å². The van der Waals surface area contributed by atoms with Gasteiger partial charge in [-0.05, 0) is 29.3 Å². The van der Waals surface area contributed by atoms with Crippen LogP contribution in [-0.4, -0.2) is 5.91 Å². The first kappa shape index (κ1) is 11.3. The second-order valence-corrected chi connectivity index (χ2v) is 3.57. The van der Waals surface area contributed by atoms with Gasteiger partial charge >= 0.3 is 0 Å². The van der Waals surface area contributed by atoms with Crippen LogP contribution in [0.3, 0.4) is 0 Å². The van der Waals surface area contributed by atoms with E-state index in [1.54, 1.807) is 18.2 Å². The molecular weight excluding hydrogens is 224 g/mol. The molecule has 0 atom stereocenters. The van der Waals surface area contributed by atoms with E-state index >= 15 is 0 Å². The zero-order valence-electron chi connectivity index (χ0n) is 8.78. The van der Waals surface area contributed by atoms with Crippen molar-refractivity contribution in [2.75, 3.05) is 0 Å². The summed E-state index contributed by atoms with van der Waals surface area (Å²) in [6, 6.07) is 9.50. The Morgan fingerprint density at radius 1 is 1.00 bits per heavy atom. The van der Waals surface area contributed by atoms with Crippen LogP contribution < -0.4 is 5.73 Å². The van der Waals surface area contributed by atoms with Gasteiger partial charge in [-0.25, -0.2) is 8.78 Å². The van der Waals surface area contributed by atoms with Gasteiger partial charge in [-0.2, -0.15) is 0 Å². The quantitative estimate of drug-likeness (QED) is 0.851. The van der Waals surface area contributed by atoms with Crippen molar-refractivity contribution in [1.82, 2.24) is 0 Å². The maximum atomic E-state index is 13.1. The first-order chi connectivity index (χ1) is 8.08. The number of carbonyl (C=O) groups is 1. The fourth-order valence-corrected chi connectivity index (χ4v) is 1.66. The van der Waals surface area contributed by atoms with Gasteiger partial charge in [-0.15, -0.1) is 0 Å². The van der Waals surface area contributed by atoms with Gasteiger partial charge in [-0.3, -0.25) is 4.79 Å². The van der Waals surface area contributed by atoms with Gasteiger partial charge in [0.25, 0.3) is 0 Å². The van der Waals surface area contributed by atoms with Crippen molar-refractivity contribution in [2.45, 2.75) is 0 Å². The molecule has 0 spiro atoms. The van der Waals surface area contributed by atoms with Crippen LogP contribution in [0, 0.1) is 11.6 Å². The minimum atomic E-state index is -0.695. The summed E-state index contributed by atoms with van der Waals surface area (Å²) in [5.41, 5.74) is 6.14. The van der Waals surface area contributed by atoms with E-state index in [4.69, 9.17) is 5.73 Å². The minimum absolute atomic E-state index is 0.234. The molecule has 1 amide bonds. The summed E-state index contributed by atoms with van der Waals surface area (Å²) >= 11 is 0. The van der Waals surface area contributed by atoms with Gasteiger partial charge in [-0.1, -0.05) is 18.2 Å². The first-order valence-corrected chi connectivity index (χ1v) is 4.93. The van der Waals surface area contributed by atoms with Crippen molar-refractivity contribution in [1.29, 1.82) is 0 Å². The Labute approximate surface area is 96.7 Å². The summed E-state index contributed by atoms with van der Waals surface area (Å²) in [5.74, 6) is -2.02. The number of hydrogen-bond donors (Lipinski definition) is 1. The Morgan fingerprint density at radius 3 is 2.18 bits per heavy atom. The Hall–Kier alpha value is -2.23. The molecule has 4 heteroatoms. The van der Waals surface area contributed by atoms with E-state index in [1.807, 2.05) is 0 Å². The molecule has 0 saturated carbocycles. The Bertz CT molecular complexity index is 561. The third-order valence-corrected chi connectivity index (χ3v) is 2.37. The van der Waals surface area contributed by atoms with Crippen LogP contribution in [0.2, 0.25) is 0 Å². The lowest BCUT2D eigenvalue weighted by molar-refractivity contribution is 0.100. The lowest BCUT2D eigenvalue weighted by Crippen LogP contribution is -2.12. The van der Waals surface area contributed by atoms with E-state index < -0.39 is 17.5 Å². The minimum Gasteiger partial charge on any atom is -0.366 e. The molecule has 17 heavy (non-hydrogen) atoms. The van der Waals surface area contributed by atoms with Crippen molar-refractivity contribution < 1.29 is 13.6 Å². The highest BCUT2D eigenvalue weighted by molar-refractivity contribution is 5.99. The lowest BCUT2D eigenvalue weighted by atomic mass is 9.99. The number of hydrogen-bond acceptors (Lipinski definition) is 1. The molecule has 86 valence electrons. The normalized spacial score (nSPS) is 10.2. The molecule has 2 aromatic carbocycles. The van der Waals surface area contributed by atoms with Crippen molar-refractivity contribution in [3.05, 3.63) is 59.7 Å². The van der Waals surface area contributed by atoms with Gasteiger partial charge in [0.1, 0.15) is 11.6 Å². The summed E-state index contributed by atoms with van der Waals surface area (Å²) in [6.45, 7) is 0. The third-order valence-electron chi connectivity index (χ3n) is 2.37. The summed E-state index contributed by atoms with van der Waals surface area (Å²) in [5, 5.41) is 0. The molecule has 0 aliphatic heterocycles. The first-order valence-electron chi connectivity index (χ1n) is 4.93. The average Bonchev–Trinajstić information content (AvgIpc) is 2.27. The zero-order valence-corrected chi connectivity index (χ0v) is 8.78. The number of rotatable bonds is 2. The number of primary amides is 1. The van der Waals surface area contributed by atoms with E-state index in [9.17, 15) is 13.6 Å². The highest BCUT2D eigenvalue weighted by atomic mass is 19.1.